The van der Waals surface area contributed by atoms with E-state index in [9.17, 15) is 18.4 Å². The van der Waals surface area contributed by atoms with Crippen LogP contribution in [0.4, 0.5) is 20.2 Å². The summed E-state index contributed by atoms with van der Waals surface area (Å²) in [7, 11) is 0. The molecule has 1 N–H and O–H groups in total. The summed E-state index contributed by atoms with van der Waals surface area (Å²) < 4.78 is 26.1. The molecule has 0 aliphatic carbocycles. The van der Waals surface area contributed by atoms with E-state index in [0.717, 1.165) is 0 Å². The largest absolute Gasteiger partial charge is 0.326 e. The van der Waals surface area contributed by atoms with Gasteiger partial charge in [-0.25, -0.2) is 8.78 Å². The SMILES string of the molecule is O=C(Nc1cccc(F)c1)C1CC(=O)N(c2ccc(F)cc2)C1. The number of nitrogens with zero attached hydrogens (tertiary/aromatic N) is 1. The molecule has 6 heteroatoms. The number of nitrogens with one attached hydrogen (secondary N) is 1. The van der Waals surface area contributed by atoms with Crippen LogP contribution in [-0.2, 0) is 9.59 Å². The molecule has 23 heavy (non-hydrogen) atoms. The van der Waals surface area contributed by atoms with E-state index in [4.69, 9.17) is 0 Å². The zero-order valence-electron chi connectivity index (χ0n) is 12.1. The van der Waals surface area contributed by atoms with Gasteiger partial charge in [0.1, 0.15) is 11.6 Å². The lowest BCUT2D eigenvalue weighted by Gasteiger charge is -2.16. The summed E-state index contributed by atoms with van der Waals surface area (Å²) >= 11 is 0. The highest BCUT2D eigenvalue weighted by atomic mass is 19.1. The van der Waals surface area contributed by atoms with Crippen molar-refractivity contribution in [3.8, 4) is 0 Å². The van der Waals surface area contributed by atoms with Crippen LogP contribution in [0.25, 0.3) is 0 Å². The third kappa shape index (κ3) is 3.36. The molecular formula is C17H14F2N2O2. The molecule has 118 valence electrons. The van der Waals surface area contributed by atoms with Gasteiger partial charge in [0, 0.05) is 24.3 Å². The van der Waals surface area contributed by atoms with Crippen molar-refractivity contribution in [2.75, 3.05) is 16.8 Å². The maximum Gasteiger partial charge on any atom is 0.229 e. The van der Waals surface area contributed by atoms with E-state index in [0.29, 0.717) is 11.4 Å². The molecule has 1 aliphatic rings. The molecule has 0 bridgehead atoms. The van der Waals surface area contributed by atoms with Gasteiger partial charge in [0.15, 0.2) is 0 Å². The van der Waals surface area contributed by atoms with Crippen LogP contribution in [0.1, 0.15) is 6.42 Å². The van der Waals surface area contributed by atoms with Crippen LogP contribution in [0.5, 0.6) is 0 Å². The van der Waals surface area contributed by atoms with Gasteiger partial charge in [-0.3, -0.25) is 9.59 Å². The van der Waals surface area contributed by atoms with Crippen molar-refractivity contribution < 1.29 is 18.4 Å². The zero-order valence-corrected chi connectivity index (χ0v) is 12.1. The first kappa shape index (κ1) is 15.1. The molecule has 3 rings (SSSR count). The van der Waals surface area contributed by atoms with Crippen LogP contribution >= 0.6 is 0 Å². The maximum atomic E-state index is 13.1. The van der Waals surface area contributed by atoms with Crippen molar-refractivity contribution in [2.45, 2.75) is 6.42 Å². The summed E-state index contributed by atoms with van der Waals surface area (Å²) in [6.45, 7) is 0.214. The Morgan fingerprint density at radius 3 is 2.52 bits per heavy atom. The molecule has 2 amide bonds. The second-order valence-electron chi connectivity index (χ2n) is 5.38. The molecule has 0 radical (unpaired) electrons. The molecule has 1 fully saturated rings. The molecule has 2 aromatic rings. The predicted octanol–water partition coefficient (Wildman–Crippen LogP) is 2.96. The van der Waals surface area contributed by atoms with Gasteiger partial charge in [0.2, 0.25) is 11.8 Å². The lowest BCUT2D eigenvalue weighted by Crippen LogP contribution is -2.28. The van der Waals surface area contributed by atoms with E-state index >= 15 is 0 Å². The van der Waals surface area contributed by atoms with Gasteiger partial charge in [0.25, 0.3) is 0 Å². The predicted molar refractivity (Wildman–Crippen MR) is 81.9 cm³/mol. The minimum Gasteiger partial charge on any atom is -0.326 e. The summed E-state index contributed by atoms with van der Waals surface area (Å²) in [5.74, 6) is -1.90. The summed E-state index contributed by atoms with van der Waals surface area (Å²) in [5.41, 5.74) is 0.903. The molecule has 0 spiro atoms. The van der Waals surface area contributed by atoms with Crippen LogP contribution in [-0.4, -0.2) is 18.4 Å². The topological polar surface area (TPSA) is 49.4 Å². The van der Waals surface area contributed by atoms with Gasteiger partial charge in [-0.05, 0) is 42.5 Å². The lowest BCUT2D eigenvalue weighted by molar-refractivity contribution is -0.122. The Kier molecular flexibility index (Phi) is 4.06. The number of benzene rings is 2. The van der Waals surface area contributed by atoms with E-state index in [1.807, 2.05) is 0 Å². The Hall–Kier alpha value is -2.76. The fourth-order valence-corrected chi connectivity index (χ4v) is 2.56. The van der Waals surface area contributed by atoms with E-state index in [1.165, 1.54) is 47.4 Å². The van der Waals surface area contributed by atoms with Gasteiger partial charge < -0.3 is 10.2 Å². The summed E-state index contributed by atoms with van der Waals surface area (Å²) in [6.07, 6.45) is 0.0680. The van der Waals surface area contributed by atoms with E-state index in [-0.39, 0.29) is 30.6 Å². The van der Waals surface area contributed by atoms with Crippen molar-refractivity contribution in [3.05, 3.63) is 60.2 Å². The van der Waals surface area contributed by atoms with Crippen molar-refractivity contribution in [1.82, 2.24) is 0 Å². The van der Waals surface area contributed by atoms with Gasteiger partial charge in [-0.1, -0.05) is 6.07 Å². The van der Waals surface area contributed by atoms with Crippen LogP contribution in [0.15, 0.2) is 48.5 Å². The summed E-state index contributed by atoms with van der Waals surface area (Å²) in [4.78, 5) is 25.8. The smallest absolute Gasteiger partial charge is 0.229 e. The van der Waals surface area contributed by atoms with Gasteiger partial charge in [-0.2, -0.15) is 0 Å². The van der Waals surface area contributed by atoms with Crippen molar-refractivity contribution in [2.24, 2.45) is 5.92 Å². The number of halogens is 2. The highest BCUT2D eigenvalue weighted by molar-refractivity contribution is 6.03. The van der Waals surface area contributed by atoms with Gasteiger partial charge in [0.05, 0.1) is 5.92 Å². The second-order valence-corrected chi connectivity index (χ2v) is 5.38. The van der Waals surface area contributed by atoms with Crippen molar-refractivity contribution in [1.29, 1.82) is 0 Å². The van der Waals surface area contributed by atoms with Crippen LogP contribution in [0.2, 0.25) is 0 Å². The fourth-order valence-electron chi connectivity index (χ4n) is 2.56. The normalized spacial score (nSPS) is 17.4. The molecular weight excluding hydrogens is 302 g/mol. The Morgan fingerprint density at radius 2 is 1.83 bits per heavy atom. The van der Waals surface area contributed by atoms with E-state index in [1.54, 1.807) is 6.07 Å². The highest BCUT2D eigenvalue weighted by Crippen LogP contribution is 2.26. The minimum absolute atomic E-state index is 0.0680. The zero-order chi connectivity index (χ0) is 16.4. The minimum atomic E-state index is -0.532. The summed E-state index contributed by atoms with van der Waals surface area (Å²) in [6, 6.07) is 11.1. The first-order valence-corrected chi connectivity index (χ1v) is 7.15. The third-order valence-electron chi connectivity index (χ3n) is 3.73. The molecule has 2 aromatic carbocycles. The maximum absolute atomic E-state index is 13.1. The fraction of sp³-hybridized carbons (Fsp3) is 0.176. The number of hydrogen-bond acceptors (Lipinski definition) is 2. The van der Waals surface area contributed by atoms with E-state index < -0.39 is 11.7 Å². The molecule has 1 atom stereocenters. The van der Waals surface area contributed by atoms with Gasteiger partial charge in [-0.15, -0.1) is 0 Å². The molecule has 0 saturated carbocycles. The Balaban J connectivity index is 1.69. The average molecular weight is 316 g/mol. The van der Waals surface area contributed by atoms with Crippen LogP contribution in [0.3, 0.4) is 0 Å². The Labute approximate surface area is 131 Å². The third-order valence-corrected chi connectivity index (χ3v) is 3.73. The molecule has 4 nitrogen and oxygen atoms in total. The second kappa shape index (κ2) is 6.16. The molecule has 1 saturated heterocycles. The lowest BCUT2D eigenvalue weighted by atomic mass is 10.1. The van der Waals surface area contributed by atoms with Crippen molar-refractivity contribution >= 4 is 23.2 Å². The van der Waals surface area contributed by atoms with Crippen LogP contribution < -0.4 is 10.2 Å². The van der Waals surface area contributed by atoms with Gasteiger partial charge >= 0.3 is 0 Å². The average Bonchev–Trinajstić information content (AvgIpc) is 2.90. The molecule has 1 heterocycles. The number of carbonyl (C=O) groups excluding carboxylic acids is 2. The number of hydrogen-bond donors (Lipinski definition) is 1. The number of amides is 2. The molecule has 0 aromatic heterocycles. The Bertz CT molecular complexity index is 747. The van der Waals surface area contributed by atoms with E-state index in [2.05, 4.69) is 5.32 Å². The quantitative estimate of drug-likeness (QED) is 0.946. The molecule has 1 unspecified atom stereocenters. The van der Waals surface area contributed by atoms with Crippen molar-refractivity contribution in [3.63, 3.8) is 0 Å². The highest BCUT2D eigenvalue weighted by Gasteiger charge is 2.35. The molecule has 1 aliphatic heterocycles. The standard InChI is InChI=1S/C17H14F2N2O2/c18-12-4-6-15(7-5-12)21-10-11(8-16(21)22)17(23)20-14-3-1-2-13(19)9-14/h1-7,9,11H,8,10H2,(H,20,23). The summed E-state index contributed by atoms with van der Waals surface area (Å²) in [5, 5.41) is 2.61. The van der Waals surface area contributed by atoms with Crippen LogP contribution in [0, 0.1) is 17.6 Å². The first-order chi connectivity index (χ1) is 11.0. The monoisotopic (exact) mass is 316 g/mol. The Morgan fingerprint density at radius 1 is 1.09 bits per heavy atom. The number of carbonyl (C=O) groups is 2. The number of rotatable bonds is 3. The number of anilines is 2. The first-order valence-electron chi connectivity index (χ1n) is 7.15.